The fourth-order valence-electron chi connectivity index (χ4n) is 2.48. The van der Waals surface area contributed by atoms with Crippen molar-refractivity contribution in [3.8, 4) is 0 Å². The van der Waals surface area contributed by atoms with E-state index in [9.17, 15) is 4.79 Å². The molecule has 0 aliphatic carbocycles. The van der Waals surface area contributed by atoms with Gasteiger partial charge in [0.25, 0.3) is 5.91 Å². The van der Waals surface area contributed by atoms with E-state index in [0.717, 1.165) is 28.0 Å². The van der Waals surface area contributed by atoms with Crippen LogP contribution in [0.15, 0.2) is 24.3 Å². The first-order valence-corrected chi connectivity index (χ1v) is 10.4. The molecule has 1 aliphatic rings. The van der Waals surface area contributed by atoms with Crippen molar-refractivity contribution in [3.63, 3.8) is 0 Å². The number of thioether (sulfide) groups is 1. The number of carbonyl (C=O) groups is 1. The van der Waals surface area contributed by atoms with Gasteiger partial charge in [0.2, 0.25) is 5.01 Å². The summed E-state index contributed by atoms with van der Waals surface area (Å²) in [6.45, 7) is 4.63. The molecule has 132 valence electrons. The lowest BCUT2D eigenvalue weighted by Crippen LogP contribution is -2.23. The number of benzene rings is 1. The molecule has 2 aromatic rings. The summed E-state index contributed by atoms with van der Waals surface area (Å²) in [5, 5.41) is 12.2. The summed E-state index contributed by atoms with van der Waals surface area (Å²) in [4.78, 5) is 14.4. The van der Waals surface area contributed by atoms with E-state index in [-0.39, 0.29) is 5.91 Å². The lowest BCUT2D eigenvalue weighted by atomic mass is 10.1. The van der Waals surface area contributed by atoms with Crippen LogP contribution in [0.4, 0.5) is 0 Å². The molecule has 25 heavy (non-hydrogen) atoms. The number of thiocarbonyl (C=S) groups is 1. The molecule has 0 atom stereocenters. The van der Waals surface area contributed by atoms with Crippen LogP contribution < -0.4 is 5.32 Å². The molecule has 1 saturated heterocycles. The van der Waals surface area contributed by atoms with E-state index < -0.39 is 0 Å². The summed E-state index contributed by atoms with van der Waals surface area (Å²) in [5.41, 5.74) is 2.27. The van der Waals surface area contributed by atoms with Crippen LogP contribution in [0.25, 0.3) is 0 Å². The van der Waals surface area contributed by atoms with Crippen molar-refractivity contribution < 1.29 is 4.79 Å². The Kier molecular flexibility index (Phi) is 6.39. The number of nitrogens with zero attached hydrogens (tertiary/aromatic N) is 3. The Morgan fingerprint density at radius 2 is 2.00 bits per heavy atom. The van der Waals surface area contributed by atoms with Crippen LogP contribution in [-0.2, 0) is 12.3 Å². The Morgan fingerprint density at radius 1 is 1.28 bits per heavy atom. The van der Waals surface area contributed by atoms with Crippen molar-refractivity contribution >= 4 is 45.5 Å². The van der Waals surface area contributed by atoms with E-state index in [0.29, 0.717) is 17.3 Å². The van der Waals surface area contributed by atoms with Crippen LogP contribution in [0.3, 0.4) is 0 Å². The van der Waals surface area contributed by atoms with Gasteiger partial charge in [0.1, 0.15) is 9.33 Å². The summed E-state index contributed by atoms with van der Waals surface area (Å²) >= 11 is 8.37. The van der Waals surface area contributed by atoms with E-state index >= 15 is 0 Å². The third-order valence-electron chi connectivity index (χ3n) is 3.92. The molecule has 1 aliphatic heterocycles. The zero-order valence-corrected chi connectivity index (χ0v) is 16.5. The van der Waals surface area contributed by atoms with Crippen molar-refractivity contribution in [1.29, 1.82) is 0 Å². The van der Waals surface area contributed by atoms with E-state index in [1.165, 1.54) is 29.7 Å². The van der Waals surface area contributed by atoms with Crippen molar-refractivity contribution in [1.82, 2.24) is 20.4 Å². The molecule has 0 unspecified atom stereocenters. The summed E-state index contributed by atoms with van der Waals surface area (Å²) < 4.78 is 0.915. The van der Waals surface area contributed by atoms with E-state index in [2.05, 4.69) is 20.4 Å². The molecule has 1 amide bonds. The number of rotatable bonds is 5. The maximum atomic E-state index is 12.2. The van der Waals surface area contributed by atoms with Crippen molar-refractivity contribution in [2.75, 3.05) is 13.1 Å². The Balaban J connectivity index is 1.47. The predicted octanol–water partition coefficient (Wildman–Crippen LogP) is 3.39. The molecule has 0 bridgehead atoms. The monoisotopic (exact) mass is 392 g/mol. The third-order valence-corrected chi connectivity index (χ3v) is 6.56. The van der Waals surface area contributed by atoms with Gasteiger partial charge in [-0.2, -0.15) is 0 Å². The number of carbonyl (C=O) groups excluding carboxylic acids is 1. The molecule has 8 heteroatoms. The summed E-state index contributed by atoms with van der Waals surface area (Å²) in [6, 6.07) is 8.09. The van der Waals surface area contributed by atoms with Gasteiger partial charge < -0.3 is 10.2 Å². The first-order valence-electron chi connectivity index (χ1n) is 8.19. The van der Waals surface area contributed by atoms with Gasteiger partial charge >= 0.3 is 0 Å². The van der Waals surface area contributed by atoms with E-state index in [1.54, 1.807) is 11.8 Å². The highest BCUT2D eigenvalue weighted by Crippen LogP contribution is 2.22. The summed E-state index contributed by atoms with van der Waals surface area (Å²) in [5.74, 6) is 0.481. The molecule has 1 aromatic heterocycles. The van der Waals surface area contributed by atoms with Crippen LogP contribution in [0.2, 0.25) is 0 Å². The number of likely N-dealkylation sites (tertiary alicyclic amines) is 1. The minimum atomic E-state index is -0.184. The van der Waals surface area contributed by atoms with Gasteiger partial charge in [0.15, 0.2) is 0 Å². The molecule has 3 rings (SSSR count). The van der Waals surface area contributed by atoms with Crippen LogP contribution in [0.1, 0.15) is 38.8 Å². The summed E-state index contributed by atoms with van der Waals surface area (Å²) in [7, 11) is 0. The Hall–Kier alpha value is -1.51. The zero-order chi connectivity index (χ0) is 17.6. The highest BCUT2D eigenvalue weighted by molar-refractivity contribution is 8.22. The second kappa shape index (κ2) is 8.73. The fraction of sp³-hybridized carbons (Fsp3) is 0.412. The van der Waals surface area contributed by atoms with Crippen molar-refractivity contribution in [3.05, 3.63) is 45.4 Å². The molecule has 2 heterocycles. The quantitative estimate of drug-likeness (QED) is 0.787. The lowest BCUT2D eigenvalue weighted by Gasteiger charge is -2.16. The smallest absolute Gasteiger partial charge is 0.282 e. The molecule has 1 N–H and O–H groups in total. The van der Waals surface area contributed by atoms with Gasteiger partial charge in [0.05, 0.1) is 5.75 Å². The SMILES string of the molecule is Cc1ccc(CNC(=O)c2nnc(CSC(=S)N3CCCC3)s2)cc1. The molecular weight excluding hydrogens is 372 g/mol. The number of hydrogen-bond acceptors (Lipinski definition) is 6. The molecule has 5 nitrogen and oxygen atoms in total. The topological polar surface area (TPSA) is 58.1 Å². The van der Waals surface area contributed by atoms with E-state index in [1.807, 2.05) is 31.2 Å². The van der Waals surface area contributed by atoms with E-state index in [4.69, 9.17) is 12.2 Å². The molecule has 1 aromatic carbocycles. The highest BCUT2D eigenvalue weighted by Gasteiger charge is 2.17. The first kappa shape index (κ1) is 18.3. The van der Waals surface area contributed by atoms with Gasteiger partial charge in [-0.15, -0.1) is 10.2 Å². The molecular formula is C17H20N4OS3. The van der Waals surface area contributed by atoms with Gasteiger partial charge in [-0.1, -0.05) is 65.1 Å². The minimum absolute atomic E-state index is 0.184. The third kappa shape index (κ3) is 5.23. The number of aryl methyl sites for hydroxylation is 1. The normalized spacial score (nSPS) is 13.9. The van der Waals surface area contributed by atoms with Gasteiger partial charge in [-0.3, -0.25) is 4.79 Å². The fourth-order valence-corrected chi connectivity index (χ4v) is 4.48. The van der Waals surface area contributed by atoms with Crippen LogP contribution in [-0.4, -0.2) is 38.4 Å². The standard InChI is InChI=1S/C17H20N4OS3/c1-12-4-6-13(7-5-12)10-18-15(22)16-20-19-14(25-16)11-24-17(23)21-8-2-3-9-21/h4-7H,2-3,8-11H2,1H3,(H,18,22). The summed E-state index contributed by atoms with van der Waals surface area (Å²) in [6.07, 6.45) is 2.43. The van der Waals surface area contributed by atoms with Gasteiger partial charge in [-0.25, -0.2) is 0 Å². The minimum Gasteiger partial charge on any atom is -0.358 e. The van der Waals surface area contributed by atoms with Crippen LogP contribution >= 0.6 is 35.3 Å². The van der Waals surface area contributed by atoms with Gasteiger partial charge in [0, 0.05) is 19.6 Å². The molecule has 0 saturated carbocycles. The van der Waals surface area contributed by atoms with Crippen molar-refractivity contribution in [2.24, 2.45) is 0 Å². The predicted molar refractivity (Wildman–Crippen MR) is 107 cm³/mol. The largest absolute Gasteiger partial charge is 0.358 e. The second-order valence-electron chi connectivity index (χ2n) is 5.92. The number of nitrogens with one attached hydrogen (secondary N) is 1. The lowest BCUT2D eigenvalue weighted by molar-refractivity contribution is 0.0950. The molecule has 0 radical (unpaired) electrons. The Labute approximate surface area is 161 Å². The number of aromatic nitrogens is 2. The average molecular weight is 393 g/mol. The zero-order valence-electron chi connectivity index (χ0n) is 14.0. The number of amides is 1. The van der Waals surface area contributed by atoms with Crippen LogP contribution in [0.5, 0.6) is 0 Å². The average Bonchev–Trinajstić information content (AvgIpc) is 3.30. The van der Waals surface area contributed by atoms with Gasteiger partial charge in [-0.05, 0) is 25.3 Å². The molecule has 1 fully saturated rings. The highest BCUT2D eigenvalue weighted by atomic mass is 32.2. The molecule has 0 spiro atoms. The Morgan fingerprint density at radius 3 is 2.72 bits per heavy atom. The second-order valence-corrected chi connectivity index (χ2v) is 8.59. The number of hydrogen-bond donors (Lipinski definition) is 1. The maximum absolute atomic E-state index is 12.2. The maximum Gasteiger partial charge on any atom is 0.282 e. The Bertz CT molecular complexity index is 739. The van der Waals surface area contributed by atoms with Crippen LogP contribution in [0, 0.1) is 6.92 Å². The first-order chi connectivity index (χ1) is 12.1. The van der Waals surface area contributed by atoms with Crippen molar-refractivity contribution in [2.45, 2.75) is 32.1 Å².